The Kier molecular flexibility index (Phi) is 4.50. The van der Waals surface area contributed by atoms with Crippen LogP contribution in [0.2, 0.25) is 0 Å². The summed E-state index contributed by atoms with van der Waals surface area (Å²) < 4.78 is 5.39. The largest absolute Gasteiger partial charge is 0.480 e. The minimum Gasteiger partial charge on any atom is -0.480 e. The van der Waals surface area contributed by atoms with Crippen LogP contribution in [-0.4, -0.2) is 51.8 Å². The van der Waals surface area contributed by atoms with Crippen molar-refractivity contribution in [2.45, 2.75) is 50.1 Å². The van der Waals surface area contributed by atoms with Crippen LogP contribution in [0, 0.1) is 0 Å². The van der Waals surface area contributed by atoms with Crippen molar-refractivity contribution in [1.29, 1.82) is 0 Å². The lowest BCUT2D eigenvalue weighted by atomic mass is 10.1. The van der Waals surface area contributed by atoms with Crippen molar-refractivity contribution in [1.82, 2.24) is 4.90 Å². The summed E-state index contributed by atoms with van der Waals surface area (Å²) >= 11 is 1.57. The van der Waals surface area contributed by atoms with Gasteiger partial charge in [-0.05, 0) is 19.3 Å². The van der Waals surface area contributed by atoms with Crippen LogP contribution in [0.3, 0.4) is 0 Å². The van der Waals surface area contributed by atoms with Gasteiger partial charge in [0.2, 0.25) is 0 Å². The van der Waals surface area contributed by atoms with Crippen molar-refractivity contribution in [3.8, 4) is 0 Å². The lowest BCUT2D eigenvalue weighted by Crippen LogP contribution is -2.49. The topological polar surface area (TPSA) is 66.8 Å². The molecule has 0 aromatic heterocycles. The highest BCUT2D eigenvalue weighted by Gasteiger charge is 2.44. The predicted molar refractivity (Wildman–Crippen MR) is 68.4 cm³/mol. The summed E-state index contributed by atoms with van der Waals surface area (Å²) in [5, 5.41) is 9.21. The number of hydrogen-bond acceptors (Lipinski definition) is 4. The summed E-state index contributed by atoms with van der Waals surface area (Å²) in [4.78, 5) is 25.2. The third-order valence-corrected chi connectivity index (χ3v) is 4.73. The molecule has 0 spiro atoms. The highest BCUT2D eigenvalue weighted by molar-refractivity contribution is 8.00. The van der Waals surface area contributed by atoms with Crippen LogP contribution in [-0.2, 0) is 14.3 Å². The molecule has 102 valence electrons. The first kappa shape index (κ1) is 13.7. The Morgan fingerprint density at radius 1 is 1.50 bits per heavy atom. The summed E-state index contributed by atoms with van der Waals surface area (Å²) in [6.07, 6.45) is 2.95. The maximum Gasteiger partial charge on any atom is 0.327 e. The van der Waals surface area contributed by atoms with E-state index < -0.39 is 18.1 Å². The number of nitrogens with zero attached hydrogens (tertiary/aromatic N) is 1. The first-order chi connectivity index (χ1) is 8.65. The van der Waals surface area contributed by atoms with Crippen LogP contribution < -0.4 is 0 Å². The molecule has 0 aromatic carbocycles. The molecular formula is C12H19NO4S. The number of thioether (sulfide) groups is 1. The smallest absolute Gasteiger partial charge is 0.327 e. The normalized spacial score (nSPS) is 31.8. The van der Waals surface area contributed by atoms with Crippen molar-refractivity contribution in [3.05, 3.63) is 0 Å². The molecule has 6 heteroatoms. The minimum absolute atomic E-state index is 0.00667. The molecule has 3 atom stereocenters. The summed E-state index contributed by atoms with van der Waals surface area (Å²) in [7, 11) is 0. The minimum atomic E-state index is -0.910. The first-order valence-electron chi connectivity index (χ1n) is 6.43. The number of rotatable bonds is 4. The second-order valence-corrected chi connectivity index (χ2v) is 5.89. The highest BCUT2D eigenvalue weighted by atomic mass is 32.2. The molecule has 0 aromatic rings. The maximum atomic E-state index is 12.4. The molecule has 2 heterocycles. The fourth-order valence-electron chi connectivity index (χ4n) is 2.46. The van der Waals surface area contributed by atoms with Gasteiger partial charge in [-0.3, -0.25) is 4.79 Å². The second-order valence-electron chi connectivity index (χ2n) is 4.68. The van der Waals surface area contributed by atoms with Gasteiger partial charge in [0.25, 0.3) is 5.91 Å². The molecule has 1 amide bonds. The third-order valence-electron chi connectivity index (χ3n) is 3.37. The van der Waals surface area contributed by atoms with E-state index in [-0.39, 0.29) is 11.3 Å². The number of ether oxygens (including phenoxy) is 1. The van der Waals surface area contributed by atoms with Gasteiger partial charge in [-0.1, -0.05) is 13.3 Å². The molecule has 2 unspecified atom stereocenters. The second kappa shape index (κ2) is 5.93. The van der Waals surface area contributed by atoms with E-state index in [4.69, 9.17) is 4.74 Å². The Labute approximate surface area is 111 Å². The Hall–Kier alpha value is -0.750. The lowest BCUT2D eigenvalue weighted by molar-refractivity contribution is -0.153. The molecule has 2 saturated heterocycles. The van der Waals surface area contributed by atoms with Crippen molar-refractivity contribution in [3.63, 3.8) is 0 Å². The summed E-state index contributed by atoms with van der Waals surface area (Å²) in [5.41, 5.74) is 0. The van der Waals surface area contributed by atoms with Gasteiger partial charge in [0.15, 0.2) is 0 Å². The number of amides is 1. The van der Waals surface area contributed by atoms with Gasteiger partial charge >= 0.3 is 5.97 Å². The predicted octanol–water partition coefficient (Wildman–Crippen LogP) is 1.32. The van der Waals surface area contributed by atoms with Gasteiger partial charge in [-0.25, -0.2) is 4.79 Å². The van der Waals surface area contributed by atoms with E-state index in [1.165, 1.54) is 0 Å². The van der Waals surface area contributed by atoms with Crippen molar-refractivity contribution in [2.75, 3.05) is 12.4 Å². The average molecular weight is 273 g/mol. The van der Waals surface area contributed by atoms with Crippen molar-refractivity contribution < 1.29 is 19.4 Å². The van der Waals surface area contributed by atoms with Gasteiger partial charge in [0, 0.05) is 12.4 Å². The van der Waals surface area contributed by atoms with E-state index in [2.05, 4.69) is 0 Å². The van der Waals surface area contributed by atoms with Gasteiger partial charge in [0.05, 0.1) is 5.37 Å². The van der Waals surface area contributed by atoms with Crippen LogP contribution in [0.15, 0.2) is 0 Å². The van der Waals surface area contributed by atoms with Crippen LogP contribution >= 0.6 is 11.8 Å². The molecule has 2 rings (SSSR count). The van der Waals surface area contributed by atoms with Crippen LogP contribution in [0.4, 0.5) is 0 Å². The zero-order chi connectivity index (χ0) is 13.1. The van der Waals surface area contributed by atoms with E-state index in [1.54, 1.807) is 16.7 Å². The molecular weight excluding hydrogens is 254 g/mol. The van der Waals surface area contributed by atoms with Crippen LogP contribution in [0.5, 0.6) is 0 Å². The van der Waals surface area contributed by atoms with Crippen LogP contribution in [0.25, 0.3) is 0 Å². The number of aliphatic carboxylic acids is 1. The van der Waals surface area contributed by atoms with E-state index in [1.807, 2.05) is 6.92 Å². The molecule has 2 fully saturated rings. The molecule has 5 nitrogen and oxygen atoms in total. The van der Waals surface area contributed by atoms with E-state index >= 15 is 0 Å². The number of carboxylic acid groups (broad SMARTS) is 1. The Balaban J connectivity index is 2.11. The number of carboxylic acids is 1. The average Bonchev–Trinajstić information content (AvgIpc) is 2.97. The monoisotopic (exact) mass is 273 g/mol. The molecule has 2 aliphatic rings. The van der Waals surface area contributed by atoms with E-state index in [0.717, 1.165) is 19.3 Å². The Morgan fingerprint density at radius 3 is 2.83 bits per heavy atom. The molecule has 0 radical (unpaired) electrons. The zero-order valence-corrected chi connectivity index (χ0v) is 11.3. The number of carbonyl (C=O) groups excluding carboxylic acids is 1. The van der Waals surface area contributed by atoms with E-state index in [9.17, 15) is 14.7 Å². The molecule has 0 saturated carbocycles. The first-order valence-corrected chi connectivity index (χ1v) is 7.48. The quantitative estimate of drug-likeness (QED) is 0.836. The molecule has 0 bridgehead atoms. The molecule has 18 heavy (non-hydrogen) atoms. The SMILES string of the molecule is CCCC1SCC(C(=O)O)N1C(=O)[C@H]1CCCO1. The summed E-state index contributed by atoms with van der Waals surface area (Å²) in [5.74, 6) is -0.561. The fourth-order valence-corrected chi connectivity index (χ4v) is 3.98. The van der Waals surface area contributed by atoms with Gasteiger partial charge in [0.1, 0.15) is 12.1 Å². The Bertz CT molecular complexity index is 330. The van der Waals surface area contributed by atoms with Gasteiger partial charge in [-0.2, -0.15) is 0 Å². The number of hydrogen-bond donors (Lipinski definition) is 1. The van der Waals surface area contributed by atoms with Crippen molar-refractivity contribution >= 4 is 23.6 Å². The number of carbonyl (C=O) groups is 2. The summed E-state index contributed by atoms with van der Waals surface area (Å²) in [6, 6.07) is -0.691. The van der Waals surface area contributed by atoms with Gasteiger partial charge < -0.3 is 14.7 Å². The van der Waals surface area contributed by atoms with E-state index in [0.29, 0.717) is 18.8 Å². The third kappa shape index (κ3) is 2.64. The summed E-state index contributed by atoms with van der Waals surface area (Å²) in [6.45, 7) is 2.65. The molecule has 2 aliphatic heterocycles. The zero-order valence-electron chi connectivity index (χ0n) is 10.5. The fraction of sp³-hybridized carbons (Fsp3) is 0.833. The Morgan fingerprint density at radius 2 is 2.28 bits per heavy atom. The maximum absolute atomic E-state index is 12.4. The van der Waals surface area contributed by atoms with Crippen molar-refractivity contribution in [2.24, 2.45) is 0 Å². The highest BCUT2D eigenvalue weighted by Crippen LogP contribution is 2.34. The van der Waals surface area contributed by atoms with Crippen LogP contribution in [0.1, 0.15) is 32.6 Å². The standard InChI is InChI=1S/C12H19NO4S/c1-2-4-10-13(8(7-18-10)12(15)16)11(14)9-5-3-6-17-9/h8-10H,2-7H2,1H3,(H,15,16)/t8?,9-,10?/m1/s1. The molecule has 1 N–H and O–H groups in total. The molecule has 0 aliphatic carbocycles. The van der Waals surface area contributed by atoms with Gasteiger partial charge in [-0.15, -0.1) is 11.8 Å². The lowest BCUT2D eigenvalue weighted by Gasteiger charge is -2.29.